The predicted octanol–water partition coefficient (Wildman–Crippen LogP) is 1.90. The molecular formula is C14H26N2O4. The molecule has 1 rings (SSSR count). The van der Waals surface area contributed by atoms with Gasteiger partial charge in [-0.15, -0.1) is 0 Å². The second-order valence-corrected chi connectivity index (χ2v) is 6.32. The Morgan fingerprint density at radius 2 is 1.90 bits per heavy atom. The van der Waals surface area contributed by atoms with Crippen molar-refractivity contribution in [1.29, 1.82) is 0 Å². The number of rotatable bonds is 2. The number of likely N-dealkylation sites (tertiary alicyclic amines) is 1. The van der Waals surface area contributed by atoms with Crippen molar-refractivity contribution >= 4 is 12.0 Å². The number of amides is 2. The Kier molecular flexibility index (Phi) is 5.39. The number of hydrogen-bond acceptors (Lipinski definition) is 4. The first kappa shape index (κ1) is 16.8. The van der Waals surface area contributed by atoms with Gasteiger partial charge in [0.2, 0.25) is 5.91 Å². The molecule has 20 heavy (non-hydrogen) atoms. The van der Waals surface area contributed by atoms with Crippen LogP contribution in [0.15, 0.2) is 0 Å². The van der Waals surface area contributed by atoms with Crippen LogP contribution in [0.3, 0.4) is 0 Å². The van der Waals surface area contributed by atoms with Crippen molar-refractivity contribution in [2.75, 3.05) is 27.2 Å². The Morgan fingerprint density at radius 1 is 1.30 bits per heavy atom. The summed E-state index contributed by atoms with van der Waals surface area (Å²) < 4.78 is 5.36. The summed E-state index contributed by atoms with van der Waals surface area (Å²) in [4.78, 5) is 30.7. The second kappa shape index (κ2) is 6.43. The lowest BCUT2D eigenvalue weighted by atomic mass is 9.86. The van der Waals surface area contributed by atoms with Crippen LogP contribution >= 0.6 is 0 Å². The van der Waals surface area contributed by atoms with Gasteiger partial charge >= 0.3 is 6.09 Å². The first-order valence-electron chi connectivity index (χ1n) is 6.95. The molecule has 1 aliphatic rings. The summed E-state index contributed by atoms with van der Waals surface area (Å²) in [5, 5.41) is 1.25. The molecule has 0 saturated carbocycles. The maximum Gasteiger partial charge on any atom is 0.410 e. The number of nitrogens with zero attached hydrogens (tertiary/aromatic N) is 2. The molecule has 0 aliphatic carbocycles. The van der Waals surface area contributed by atoms with E-state index in [4.69, 9.17) is 9.57 Å². The molecule has 2 amide bonds. The van der Waals surface area contributed by atoms with Gasteiger partial charge in [-0.25, -0.2) is 9.86 Å². The number of hydroxylamine groups is 2. The minimum absolute atomic E-state index is 0.0381. The lowest BCUT2D eigenvalue weighted by Gasteiger charge is -2.37. The lowest BCUT2D eigenvalue weighted by Crippen LogP contribution is -2.48. The van der Waals surface area contributed by atoms with Gasteiger partial charge in [0, 0.05) is 26.1 Å². The highest BCUT2D eigenvalue weighted by Crippen LogP contribution is 2.26. The first-order valence-corrected chi connectivity index (χ1v) is 6.95. The van der Waals surface area contributed by atoms with E-state index in [0.717, 1.165) is 0 Å². The number of ether oxygens (including phenoxy) is 1. The molecule has 1 fully saturated rings. The number of piperidine rings is 1. The zero-order valence-corrected chi connectivity index (χ0v) is 13.3. The molecule has 1 aliphatic heterocycles. The third-order valence-corrected chi connectivity index (χ3v) is 3.46. The Labute approximate surface area is 121 Å². The Balaban J connectivity index is 2.59. The Morgan fingerprint density at radius 3 is 2.35 bits per heavy atom. The summed E-state index contributed by atoms with van der Waals surface area (Å²) in [7, 11) is 3.08. The van der Waals surface area contributed by atoms with Crippen molar-refractivity contribution in [3.63, 3.8) is 0 Å². The molecule has 6 nitrogen and oxygen atoms in total. The Bertz CT molecular complexity index is 365. The second-order valence-electron chi connectivity index (χ2n) is 6.32. The fourth-order valence-electron chi connectivity index (χ4n) is 2.33. The van der Waals surface area contributed by atoms with Crippen LogP contribution in [-0.2, 0) is 14.4 Å². The largest absolute Gasteiger partial charge is 0.444 e. The van der Waals surface area contributed by atoms with E-state index >= 15 is 0 Å². The minimum atomic E-state index is -0.497. The van der Waals surface area contributed by atoms with E-state index in [1.165, 1.54) is 12.2 Å². The van der Waals surface area contributed by atoms with Crippen LogP contribution < -0.4 is 0 Å². The van der Waals surface area contributed by atoms with Crippen molar-refractivity contribution < 1.29 is 19.2 Å². The third-order valence-electron chi connectivity index (χ3n) is 3.46. The van der Waals surface area contributed by atoms with Crippen LogP contribution in [-0.4, -0.2) is 54.8 Å². The van der Waals surface area contributed by atoms with Crippen molar-refractivity contribution in [2.45, 2.75) is 39.7 Å². The molecule has 2 atom stereocenters. The molecule has 6 heteroatoms. The average Bonchev–Trinajstić information content (AvgIpc) is 2.34. The summed E-state index contributed by atoms with van der Waals surface area (Å²) in [5.41, 5.74) is -0.497. The van der Waals surface area contributed by atoms with Crippen molar-refractivity contribution in [3.05, 3.63) is 0 Å². The van der Waals surface area contributed by atoms with Crippen LogP contribution in [0.25, 0.3) is 0 Å². The smallest absolute Gasteiger partial charge is 0.410 e. The van der Waals surface area contributed by atoms with Crippen LogP contribution in [0.2, 0.25) is 0 Å². The molecule has 0 radical (unpaired) electrons. The molecule has 0 aromatic carbocycles. The zero-order valence-electron chi connectivity index (χ0n) is 13.3. The van der Waals surface area contributed by atoms with Gasteiger partial charge in [0.1, 0.15) is 5.60 Å². The van der Waals surface area contributed by atoms with Gasteiger partial charge in [-0.05, 0) is 33.1 Å². The normalized spacial score (nSPS) is 23.4. The van der Waals surface area contributed by atoms with E-state index in [9.17, 15) is 9.59 Å². The maximum atomic E-state index is 12.1. The van der Waals surface area contributed by atoms with Crippen LogP contribution in [0.5, 0.6) is 0 Å². The van der Waals surface area contributed by atoms with Gasteiger partial charge < -0.3 is 9.64 Å². The molecule has 116 valence electrons. The molecule has 0 N–H and O–H groups in total. The molecule has 1 heterocycles. The minimum Gasteiger partial charge on any atom is -0.444 e. The van der Waals surface area contributed by atoms with Gasteiger partial charge in [0.25, 0.3) is 0 Å². The molecule has 0 unspecified atom stereocenters. The van der Waals surface area contributed by atoms with Crippen LogP contribution in [0, 0.1) is 11.8 Å². The van der Waals surface area contributed by atoms with Gasteiger partial charge in [0.05, 0.1) is 7.11 Å². The number of carbonyl (C=O) groups excluding carboxylic acids is 2. The summed E-state index contributed by atoms with van der Waals surface area (Å²) in [5.74, 6) is -0.0659. The standard InChI is InChI=1S/C14H26N2O4/c1-10-9-16(13(18)20-14(2,3)4)8-7-11(10)12(17)15(5)19-6/h10-11H,7-9H2,1-6H3/t10-,11-/m1/s1. The van der Waals surface area contributed by atoms with Gasteiger partial charge in [-0.1, -0.05) is 6.92 Å². The van der Waals surface area contributed by atoms with Crippen molar-refractivity contribution in [2.24, 2.45) is 11.8 Å². The maximum absolute atomic E-state index is 12.1. The summed E-state index contributed by atoms with van der Waals surface area (Å²) in [6, 6.07) is 0. The third kappa shape index (κ3) is 4.37. The fourth-order valence-corrected chi connectivity index (χ4v) is 2.33. The monoisotopic (exact) mass is 286 g/mol. The summed E-state index contributed by atoms with van der Waals surface area (Å²) >= 11 is 0. The summed E-state index contributed by atoms with van der Waals surface area (Å²) in [6.07, 6.45) is 0.322. The van der Waals surface area contributed by atoms with Crippen LogP contribution in [0.1, 0.15) is 34.1 Å². The highest BCUT2D eigenvalue weighted by atomic mass is 16.7. The van der Waals surface area contributed by atoms with E-state index < -0.39 is 5.60 Å². The quantitative estimate of drug-likeness (QED) is 0.727. The van der Waals surface area contributed by atoms with E-state index in [2.05, 4.69) is 0 Å². The molecule has 0 aromatic heterocycles. The number of hydrogen-bond donors (Lipinski definition) is 0. The van der Waals surface area contributed by atoms with Gasteiger partial charge in [-0.3, -0.25) is 9.63 Å². The SMILES string of the molecule is CON(C)C(=O)[C@@H]1CCN(C(=O)OC(C)(C)C)C[C@H]1C. The molecule has 1 saturated heterocycles. The predicted molar refractivity (Wildman–Crippen MR) is 74.9 cm³/mol. The van der Waals surface area contributed by atoms with Crippen molar-refractivity contribution in [1.82, 2.24) is 9.96 Å². The number of carbonyl (C=O) groups is 2. The summed E-state index contributed by atoms with van der Waals surface area (Å²) in [6.45, 7) is 8.58. The van der Waals surface area contributed by atoms with Crippen molar-refractivity contribution in [3.8, 4) is 0 Å². The first-order chi connectivity index (χ1) is 9.15. The van der Waals surface area contributed by atoms with E-state index in [0.29, 0.717) is 19.5 Å². The van der Waals surface area contributed by atoms with Gasteiger partial charge in [0.15, 0.2) is 0 Å². The Hall–Kier alpha value is -1.30. The fraction of sp³-hybridized carbons (Fsp3) is 0.857. The molecule has 0 spiro atoms. The molecule has 0 bridgehead atoms. The molecular weight excluding hydrogens is 260 g/mol. The van der Waals surface area contributed by atoms with Gasteiger partial charge in [-0.2, -0.15) is 0 Å². The topological polar surface area (TPSA) is 59.1 Å². The zero-order chi connectivity index (χ0) is 15.5. The van der Waals surface area contributed by atoms with E-state index in [-0.39, 0.29) is 23.8 Å². The highest BCUT2D eigenvalue weighted by molar-refractivity contribution is 5.78. The average molecular weight is 286 g/mol. The van der Waals surface area contributed by atoms with E-state index in [1.54, 1.807) is 11.9 Å². The van der Waals surface area contributed by atoms with Crippen LogP contribution in [0.4, 0.5) is 4.79 Å². The molecule has 0 aromatic rings. The van der Waals surface area contributed by atoms with E-state index in [1.807, 2.05) is 27.7 Å². The highest BCUT2D eigenvalue weighted by Gasteiger charge is 2.36. The lowest BCUT2D eigenvalue weighted by molar-refractivity contribution is -0.176.